The van der Waals surface area contributed by atoms with Gasteiger partial charge in [0.2, 0.25) is 0 Å². The van der Waals surface area contributed by atoms with Crippen molar-refractivity contribution < 1.29 is 4.39 Å². The topological polar surface area (TPSA) is 67.1 Å². The molecule has 1 aromatic heterocycles. The second kappa shape index (κ2) is 8.78. The summed E-state index contributed by atoms with van der Waals surface area (Å²) in [6.07, 6.45) is 5.48. The highest BCUT2D eigenvalue weighted by Crippen LogP contribution is 2.14. The molecule has 140 valence electrons. The first-order chi connectivity index (χ1) is 12.7. The number of guanidine groups is 1. The van der Waals surface area contributed by atoms with Crippen molar-refractivity contribution in [3.8, 4) is 0 Å². The number of halogens is 1. The fraction of sp³-hybridized carbons (Fsp3) is 0.526. The quantitative estimate of drug-likeness (QED) is 0.636. The number of nitrogens with one attached hydrogen (secondary N) is 2. The Hall–Kier alpha value is -2.44. The van der Waals surface area contributed by atoms with Crippen LogP contribution >= 0.6 is 0 Å². The molecule has 0 atom stereocenters. The van der Waals surface area contributed by atoms with Crippen LogP contribution in [0.5, 0.6) is 0 Å². The number of hydrogen-bond donors (Lipinski definition) is 2. The summed E-state index contributed by atoms with van der Waals surface area (Å²) in [5.74, 6) is 2.66. The van der Waals surface area contributed by atoms with Crippen molar-refractivity contribution in [2.24, 2.45) is 4.99 Å². The van der Waals surface area contributed by atoms with Gasteiger partial charge < -0.3 is 15.2 Å². The molecule has 7 heteroatoms. The second-order valence-electron chi connectivity index (χ2n) is 6.68. The largest absolute Gasteiger partial charge is 0.356 e. The van der Waals surface area contributed by atoms with E-state index in [1.165, 1.54) is 19.3 Å². The Morgan fingerprint density at radius 3 is 2.92 bits per heavy atom. The van der Waals surface area contributed by atoms with Crippen molar-refractivity contribution in [3.05, 3.63) is 46.8 Å². The highest BCUT2D eigenvalue weighted by Gasteiger charge is 2.14. The molecular weight excluding hydrogens is 331 g/mol. The van der Waals surface area contributed by atoms with Gasteiger partial charge in [-0.1, -0.05) is 18.6 Å². The molecule has 1 aliphatic heterocycles. The molecule has 2 heterocycles. The van der Waals surface area contributed by atoms with E-state index in [0.717, 1.165) is 43.1 Å². The summed E-state index contributed by atoms with van der Waals surface area (Å²) in [5.41, 5.74) is 1.54. The predicted octanol–water partition coefficient (Wildman–Crippen LogP) is 2.36. The fourth-order valence-corrected chi connectivity index (χ4v) is 3.18. The van der Waals surface area contributed by atoms with Crippen LogP contribution in [0.1, 0.15) is 42.0 Å². The van der Waals surface area contributed by atoms with Crippen LogP contribution in [0.15, 0.2) is 23.2 Å². The molecule has 0 saturated carbocycles. The monoisotopic (exact) mass is 358 g/mol. The van der Waals surface area contributed by atoms with E-state index in [0.29, 0.717) is 18.1 Å². The van der Waals surface area contributed by atoms with Gasteiger partial charge >= 0.3 is 0 Å². The van der Waals surface area contributed by atoms with Crippen molar-refractivity contribution in [1.82, 2.24) is 25.4 Å². The molecule has 1 aromatic carbocycles. The predicted molar refractivity (Wildman–Crippen MR) is 101 cm³/mol. The van der Waals surface area contributed by atoms with E-state index >= 15 is 0 Å². The summed E-state index contributed by atoms with van der Waals surface area (Å²) in [4.78, 5) is 4.22. The van der Waals surface area contributed by atoms with Gasteiger partial charge in [0.05, 0.1) is 0 Å². The molecule has 2 N–H and O–H groups in total. The average Bonchev–Trinajstić information content (AvgIpc) is 2.87. The van der Waals surface area contributed by atoms with Crippen LogP contribution in [0.2, 0.25) is 0 Å². The number of nitrogens with zero attached hydrogens (tertiary/aromatic N) is 4. The summed E-state index contributed by atoms with van der Waals surface area (Å²) < 4.78 is 15.9. The number of benzene rings is 1. The number of hydrogen-bond acceptors (Lipinski definition) is 3. The van der Waals surface area contributed by atoms with Crippen molar-refractivity contribution >= 4 is 5.96 Å². The molecule has 0 spiro atoms. The molecule has 26 heavy (non-hydrogen) atoms. The first-order valence-electron chi connectivity index (χ1n) is 9.28. The Morgan fingerprint density at radius 2 is 2.12 bits per heavy atom. The maximum Gasteiger partial charge on any atom is 0.191 e. The van der Waals surface area contributed by atoms with Gasteiger partial charge in [0, 0.05) is 39.5 Å². The highest BCUT2D eigenvalue weighted by atomic mass is 19.1. The maximum absolute atomic E-state index is 13.6. The van der Waals surface area contributed by atoms with Crippen LogP contribution in [0, 0.1) is 12.7 Å². The summed E-state index contributed by atoms with van der Waals surface area (Å²) in [5, 5.41) is 15.2. The van der Waals surface area contributed by atoms with Crippen LogP contribution in [-0.2, 0) is 25.9 Å². The lowest BCUT2D eigenvalue weighted by Crippen LogP contribution is -2.38. The fourth-order valence-electron chi connectivity index (χ4n) is 3.18. The Bertz CT molecular complexity index is 767. The van der Waals surface area contributed by atoms with E-state index in [2.05, 4.69) is 30.4 Å². The molecule has 0 saturated heterocycles. The molecule has 6 nitrogen and oxygen atoms in total. The van der Waals surface area contributed by atoms with Crippen LogP contribution < -0.4 is 10.6 Å². The average molecular weight is 358 g/mol. The number of aryl methyl sites for hydroxylation is 2. The van der Waals surface area contributed by atoms with Crippen molar-refractivity contribution in [2.45, 2.75) is 52.1 Å². The molecule has 0 amide bonds. The Balaban J connectivity index is 1.49. The van der Waals surface area contributed by atoms with Gasteiger partial charge in [-0.2, -0.15) is 0 Å². The van der Waals surface area contributed by atoms with E-state index < -0.39 is 0 Å². The molecule has 0 bridgehead atoms. The van der Waals surface area contributed by atoms with E-state index in [1.807, 2.05) is 6.07 Å². The van der Waals surface area contributed by atoms with E-state index in [-0.39, 0.29) is 5.82 Å². The number of rotatable bonds is 5. The van der Waals surface area contributed by atoms with Gasteiger partial charge in [0.25, 0.3) is 0 Å². The first kappa shape index (κ1) is 18.4. The lowest BCUT2D eigenvalue weighted by molar-refractivity contribution is 0.600. The lowest BCUT2D eigenvalue weighted by atomic mass is 10.1. The Morgan fingerprint density at radius 1 is 1.23 bits per heavy atom. The van der Waals surface area contributed by atoms with Crippen LogP contribution in [0.3, 0.4) is 0 Å². The SMILES string of the molecule is CN=C(NCCc1nnc2n1CCCCC2)NCc1ccc(C)c(F)c1. The first-order valence-corrected chi connectivity index (χ1v) is 9.28. The summed E-state index contributed by atoms with van der Waals surface area (Å²) in [6, 6.07) is 5.27. The van der Waals surface area contributed by atoms with E-state index in [4.69, 9.17) is 0 Å². The minimum atomic E-state index is -0.181. The van der Waals surface area contributed by atoms with Gasteiger partial charge in [-0.3, -0.25) is 4.99 Å². The molecule has 0 fully saturated rings. The molecule has 1 aliphatic rings. The van der Waals surface area contributed by atoms with Crippen LogP contribution in [0.25, 0.3) is 0 Å². The molecule has 3 rings (SSSR count). The minimum Gasteiger partial charge on any atom is -0.356 e. The van der Waals surface area contributed by atoms with Gasteiger partial charge in [0.1, 0.15) is 17.5 Å². The van der Waals surface area contributed by atoms with Crippen LogP contribution in [0.4, 0.5) is 4.39 Å². The number of aromatic nitrogens is 3. The normalized spacial score (nSPS) is 14.7. The number of fused-ring (bicyclic) bond motifs is 1. The zero-order valence-corrected chi connectivity index (χ0v) is 15.6. The van der Waals surface area contributed by atoms with Crippen molar-refractivity contribution in [1.29, 1.82) is 0 Å². The smallest absolute Gasteiger partial charge is 0.191 e. The molecule has 0 radical (unpaired) electrons. The van der Waals surface area contributed by atoms with Crippen molar-refractivity contribution in [2.75, 3.05) is 13.6 Å². The van der Waals surface area contributed by atoms with Crippen LogP contribution in [-0.4, -0.2) is 34.3 Å². The summed E-state index contributed by atoms with van der Waals surface area (Å²) in [6.45, 7) is 4.03. The van der Waals surface area contributed by atoms with Gasteiger partial charge in [0.15, 0.2) is 5.96 Å². The summed E-state index contributed by atoms with van der Waals surface area (Å²) >= 11 is 0. The zero-order valence-electron chi connectivity index (χ0n) is 15.6. The standard InChI is InChI=1S/C19H27FN6/c1-14-7-8-15(12-16(14)20)13-23-19(21-2)22-10-9-18-25-24-17-6-4-3-5-11-26(17)18/h7-8,12H,3-6,9-11,13H2,1-2H3,(H2,21,22,23). The third-order valence-corrected chi connectivity index (χ3v) is 4.75. The van der Waals surface area contributed by atoms with Gasteiger partial charge in [-0.15, -0.1) is 10.2 Å². The van der Waals surface area contributed by atoms with Gasteiger partial charge in [-0.05, 0) is 37.0 Å². The highest BCUT2D eigenvalue weighted by molar-refractivity contribution is 5.79. The molecule has 0 unspecified atom stereocenters. The Kier molecular flexibility index (Phi) is 6.20. The summed E-state index contributed by atoms with van der Waals surface area (Å²) in [7, 11) is 1.73. The third kappa shape index (κ3) is 4.59. The maximum atomic E-state index is 13.6. The second-order valence-corrected chi connectivity index (χ2v) is 6.68. The minimum absolute atomic E-state index is 0.181. The lowest BCUT2D eigenvalue weighted by Gasteiger charge is -2.12. The third-order valence-electron chi connectivity index (χ3n) is 4.75. The van der Waals surface area contributed by atoms with E-state index in [1.54, 1.807) is 26.1 Å². The van der Waals surface area contributed by atoms with Gasteiger partial charge in [-0.25, -0.2) is 4.39 Å². The Labute approximate surface area is 153 Å². The van der Waals surface area contributed by atoms with Crippen molar-refractivity contribution in [3.63, 3.8) is 0 Å². The van der Waals surface area contributed by atoms with E-state index in [9.17, 15) is 4.39 Å². The molecular formula is C19H27FN6. The molecule has 2 aromatic rings. The zero-order chi connectivity index (χ0) is 18.4. The number of aliphatic imine (C=N–C) groups is 1. The molecule has 0 aliphatic carbocycles.